The first-order valence-electron chi connectivity index (χ1n) is 8.79. The number of fused-ring (bicyclic) bond motifs is 3. The maximum atomic E-state index is 12.3. The van der Waals surface area contributed by atoms with E-state index in [1.54, 1.807) is 0 Å². The van der Waals surface area contributed by atoms with E-state index in [9.17, 15) is 4.79 Å². The molecule has 1 aromatic heterocycles. The highest BCUT2D eigenvalue weighted by molar-refractivity contribution is 5.86. The molecule has 1 heterocycles. The molecular weight excluding hydrogens is 322 g/mol. The van der Waals surface area contributed by atoms with Crippen LogP contribution in [0.2, 0.25) is 0 Å². The Morgan fingerprint density at radius 3 is 2.88 bits per heavy atom. The van der Waals surface area contributed by atoms with Gasteiger partial charge in [0.05, 0.1) is 6.04 Å². The average Bonchev–Trinajstić information content (AvgIpc) is 3.28. The molecule has 0 spiro atoms. The number of halogens is 1. The van der Waals surface area contributed by atoms with E-state index in [-0.39, 0.29) is 18.3 Å². The summed E-state index contributed by atoms with van der Waals surface area (Å²) in [5, 5.41) is 4.25. The Morgan fingerprint density at radius 2 is 2.12 bits per heavy atom. The molecule has 4 atom stereocenters. The molecule has 4 rings (SSSR count). The van der Waals surface area contributed by atoms with Crippen LogP contribution in [-0.4, -0.2) is 23.5 Å². The van der Waals surface area contributed by atoms with Crippen LogP contribution >= 0.6 is 12.4 Å². The normalized spacial score (nSPS) is 26.3. The van der Waals surface area contributed by atoms with Crippen molar-refractivity contribution >= 4 is 29.2 Å². The number of para-hydroxylation sites is 1. The van der Waals surface area contributed by atoms with E-state index in [1.807, 2.05) is 24.4 Å². The Hall–Kier alpha value is -1.52. The predicted octanol–water partition coefficient (Wildman–Crippen LogP) is 3.01. The van der Waals surface area contributed by atoms with Gasteiger partial charge in [-0.2, -0.15) is 0 Å². The topological polar surface area (TPSA) is 70.9 Å². The average molecular weight is 348 g/mol. The van der Waals surface area contributed by atoms with Crippen LogP contribution in [0.5, 0.6) is 0 Å². The lowest BCUT2D eigenvalue weighted by atomic mass is 9.89. The van der Waals surface area contributed by atoms with Gasteiger partial charge in [0.2, 0.25) is 5.91 Å². The fourth-order valence-electron chi connectivity index (χ4n) is 4.62. The second-order valence-electron chi connectivity index (χ2n) is 7.35. The molecule has 130 valence electrons. The zero-order valence-corrected chi connectivity index (χ0v) is 14.6. The summed E-state index contributed by atoms with van der Waals surface area (Å²) in [5.74, 6) is 2.42. The van der Waals surface area contributed by atoms with Crippen molar-refractivity contribution in [1.82, 2.24) is 10.3 Å². The smallest absolute Gasteiger partial charge is 0.237 e. The molecule has 2 aliphatic rings. The van der Waals surface area contributed by atoms with E-state index in [0.29, 0.717) is 12.3 Å². The second kappa shape index (κ2) is 7.16. The summed E-state index contributed by atoms with van der Waals surface area (Å²) in [6, 6.07) is 7.65. The Kier molecular flexibility index (Phi) is 5.16. The number of aromatic amines is 1. The number of carbonyl (C=O) groups is 1. The fraction of sp³-hybridized carbons (Fsp3) is 0.526. The molecule has 4 nitrogen and oxygen atoms in total. The van der Waals surface area contributed by atoms with Crippen molar-refractivity contribution in [1.29, 1.82) is 0 Å². The van der Waals surface area contributed by atoms with Gasteiger partial charge in [-0.3, -0.25) is 4.79 Å². The quantitative estimate of drug-likeness (QED) is 0.778. The van der Waals surface area contributed by atoms with Crippen LogP contribution in [-0.2, 0) is 11.2 Å². The number of aromatic nitrogens is 1. The molecule has 2 saturated carbocycles. The van der Waals surface area contributed by atoms with Gasteiger partial charge < -0.3 is 16.0 Å². The molecule has 1 aromatic carbocycles. The Labute approximate surface area is 149 Å². The molecule has 2 aliphatic carbocycles. The summed E-state index contributed by atoms with van der Waals surface area (Å²) >= 11 is 0. The van der Waals surface area contributed by atoms with Gasteiger partial charge in [0.15, 0.2) is 0 Å². The third-order valence-electron chi connectivity index (χ3n) is 5.87. The molecule has 24 heavy (non-hydrogen) atoms. The summed E-state index contributed by atoms with van der Waals surface area (Å²) in [6.45, 7) is 0.807. The second-order valence-corrected chi connectivity index (χ2v) is 7.35. The van der Waals surface area contributed by atoms with Crippen molar-refractivity contribution in [3.05, 3.63) is 36.0 Å². The first-order chi connectivity index (χ1) is 11.2. The monoisotopic (exact) mass is 347 g/mol. The highest BCUT2D eigenvalue weighted by atomic mass is 35.5. The summed E-state index contributed by atoms with van der Waals surface area (Å²) in [6.07, 6.45) is 7.96. The molecular formula is C19H26ClN3O. The minimum absolute atomic E-state index is 0. The third kappa shape index (κ3) is 3.31. The van der Waals surface area contributed by atoms with Gasteiger partial charge >= 0.3 is 0 Å². The van der Waals surface area contributed by atoms with E-state index in [4.69, 9.17) is 5.73 Å². The fourth-order valence-corrected chi connectivity index (χ4v) is 4.62. The van der Waals surface area contributed by atoms with Crippen molar-refractivity contribution in [3.8, 4) is 0 Å². The van der Waals surface area contributed by atoms with Gasteiger partial charge in [-0.25, -0.2) is 0 Å². The minimum atomic E-state index is -0.479. The Bertz CT molecular complexity index is 713. The number of hydrogen-bond donors (Lipinski definition) is 3. The van der Waals surface area contributed by atoms with Gasteiger partial charge in [-0.15, -0.1) is 12.4 Å². The Morgan fingerprint density at radius 1 is 1.29 bits per heavy atom. The first kappa shape index (κ1) is 17.3. The van der Waals surface area contributed by atoms with Crippen molar-refractivity contribution in [2.24, 2.45) is 23.5 Å². The molecule has 0 aliphatic heterocycles. The van der Waals surface area contributed by atoms with Gasteiger partial charge in [0, 0.05) is 23.6 Å². The zero-order chi connectivity index (χ0) is 15.8. The van der Waals surface area contributed by atoms with E-state index in [1.165, 1.54) is 25.7 Å². The maximum Gasteiger partial charge on any atom is 0.237 e. The van der Waals surface area contributed by atoms with Crippen molar-refractivity contribution < 1.29 is 4.79 Å². The number of benzene rings is 1. The molecule has 5 heteroatoms. The van der Waals surface area contributed by atoms with Crippen LogP contribution in [0.15, 0.2) is 30.5 Å². The zero-order valence-electron chi connectivity index (χ0n) is 13.8. The number of hydrogen-bond acceptors (Lipinski definition) is 2. The first-order valence-corrected chi connectivity index (χ1v) is 8.79. The largest absolute Gasteiger partial charge is 0.361 e. The summed E-state index contributed by atoms with van der Waals surface area (Å²) in [7, 11) is 0. The SMILES string of the molecule is Cl.N[C@@H](Cc1c[nH]c2ccccc12)C(=O)NCC1CC2CCC1C2. The summed E-state index contributed by atoms with van der Waals surface area (Å²) in [5.41, 5.74) is 8.34. The van der Waals surface area contributed by atoms with Crippen molar-refractivity contribution in [2.75, 3.05) is 6.54 Å². The molecule has 4 N–H and O–H groups in total. The summed E-state index contributed by atoms with van der Waals surface area (Å²) in [4.78, 5) is 15.6. The minimum Gasteiger partial charge on any atom is -0.361 e. The maximum absolute atomic E-state index is 12.3. The highest BCUT2D eigenvalue weighted by Crippen LogP contribution is 2.47. The molecule has 2 fully saturated rings. The van der Waals surface area contributed by atoms with Crippen LogP contribution in [0, 0.1) is 17.8 Å². The number of carbonyl (C=O) groups excluding carboxylic acids is 1. The van der Waals surface area contributed by atoms with Crippen LogP contribution in [0.3, 0.4) is 0 Å². The van der Waals surface area contributed by atoms with Crippen LogP contribution < -0.4 is 11.1 Å². The number of rotatable bonds is 5. The lowest BCUT2D eigenvalue weighted by molar-refractivity contribution is -0.122. The van der Waals surface area contributed by atoms with Crippen LogP contribution in [0.1, 0.15) is 31.2 Å². The van der Waals surface area contributed by atoms with E-state index >= 15 is 0 Å². The standard InChI is InChI=1S/C19H25N3O.ClH/c20-17(9-15-11-21-18-4-2-1-3-16(15)18)19(23)22-10-14-8-12-5-6-13(14)7-12;/h1-4,11-14,17,21H,5-10,20H2,(H,22,23);1H/t12?,13?,14?,17-;/m0./s1. The van der Waals surface area contributed by atoms with E-state index in [0.717, 1.165) is 34.8 Å². The predicted molar refractivity (Wildman–Crippen MR) is 99.2 cm³/mol. The molecule has 2 bridgehead atoms. The van der Waals surface area contributed by atoms with Crippen LogP contribution in [0.25, 0.3) is 10.9 Å². The number of H-pyrrole nitrogens is 1. The van der Waals surface area contributed by atoms with Gasteiger partial charge in [0.25, 0.3) is 0 Å². The summed E-state index contributed by atoms with van der Waals surface area (Å²) < 4.78 is 0. The molecule has 1 amide bonds. The van der Waals surface area contributed by atoms with Gasteiger partial charge in [-0.1, -0.05) is 24.6 Å². The van der Waals surface area contributed by atoms with E-state index < -0.39 is 6.04 Å². The van der Waals surface area contributed by atoms with Crippen molar-refractivity contribution in [2.45, 2.75) is 38.1 Å². The van der Waals surface area contributed by atoms with E-state index in [2.05, 4.69) is 16.4 Å². The van der Waals surface area contributed by atoms with Gasteiger partial charge in [0.1, 0.15) is 0 Å². The number of nitrogens with two attached hydrogens (primary N) is 1. The molecule has 2 aromatic rings. The van der Waals surface area contributed by atoms with Gasteiger partial charge in [-0.05, 0) is 55.1 Å². The number of nitrogens with one attached hydrogen (secondary N) is 2. The highest BCUT2D eigenvalue weighted by Gasteiger charge is 2.39. The Balaban J connectivity index is 0.00000169. The van der Waals surface area contributed by atoms with Crippen LogP contribution in [0.4, 0.5) is 0 Å². The molecule has 3 unspecified atom stereocenters. The molecule has 0 saturated heterocycles. The molecule has 0 radical (unpaired) electrons. The third-order valence-corrected chi connectivity index (χ3v) is 5.87. The number of amides is 1. The lowest BCUT2D eigenvalue weighted by Crippen LogP contribution is -2.44. The lowest BCUT2D eigenvalue weighted by Gasteiger charge is -2.22. The van der Waals surface area contributed by atoms with Crippen molar-refractivity contribution in [3.63, 3.8) is 0 Å².